The van der Waals surface area contributed by atoms with Crippen LogP contribution in [0.15, 0.2) is 0 Å². The number of hydrogen-bond donors (Lipinski definition) is 4. The number of rotatable bonds is 7. The maximum atomic E-state index is 8.46. The molecule has 0 aromatic carbocycles. The minimum absolute atomic E-state index is 0.566. The summed E-state index contributed by atoms with van der Waals surface area (Å²) in [5.41, 5.74) is 5.45. The molecule has 0 heterocycles. The van der Waals surface area contributed by atoms with Gasteiger partial charge < -0.3 is 29.5 Å². The van der Waals surface area contributed by atoms with Gasteiger partial charge in [-0.1, -0.05) is 0 Å². The fraction of sp³-hybridized carbons (Fsp3) is 1.00. The van der Waals surface area contributed by atoms with Crippen molar-refractivity contribution in [1.29, 1.82) is 0 Å². The van der Waals surface area contributed by atoms with Gasteiger partial charge in [-0.05, 0) is 6.92 Å². The SMILES string of the molecule is CC(OCO)C(N)(OCO)OCO. The molecule has 13 heavy (non-hydrogen) atoms. The first-order valence-corrected chi connectivity index (χ1v) is 3.61. The third-order valence-electron chi connectivity index (χ3n) is 1.47. The third-order valence-corrected chi connectivity index (χ3v) is 1.47. The highest BCUT2D eigenvalue weighted by atomic mass is 16.8. The standard InChI is InChI=1S/C6H15NO6/c1-5(11-2-8)6(7,12-3-9)13-4-10/h5,8-10H,2-4,7H2,1H3. The van der Waals surface area contributed by atoms with E-state index in [1.807, 2.05) is 0 Å². The van der Waals surface area contributed by atoms with Gasteiger partial charge >= 0.3 is 0 Å². The van der Waals surface area contributed by atoms with Crippen LogP contribution in [0.25, 0.3) is 0 Å². The molecule has 1 unspecified atom stereocenters. The van der Waals surface area contributed by atoms with Crippen LogP contribution in [0, 0.1) is 0 Å². The highest BCUT2D eigenvalue weighted by molar-refractivity contribution is 4.68. The van der Waals surface area contributed by atoms with Crippen molar-refractivity contribution in [2.75, 3.05) is 20.4 Å². The lowest BCUT2D eigenvalue weighted by atomic mass is 10.3. The Bertz CT molecular complexity index is 126. The first kappa shape index (κ1) is 12.7. The molecule has 0 bridgehead atoms. The zero-order valence-electron chi connectivity index (χ0n) is 7.34. The number of aliphatic hydroxyl groups is 3. The largest absolute Gasteiger partial charge is 0.371 e. The van der Waals surface area contributed by atoms with E-state index in [4.69, 9.17) is 21.1 Å². The number of nitrogens with two attached hydrogens (primary N) is 1. The lowest BCUT2D eigenvalue weighted by Crippen LogP contribution is -2.55. The first-order chi connectivity index (χ1) is 6.10. The molecule has 0 fully saturated rings. The summed E-state index contributed by atoms with van der Waals surface area (Å²) in [7, 11) is 0. The fourth-order valence-electron chi connectivity index (χ4n) is 0.706. The Balaban J connectivity index is 4.18. The summed E-state index contributed by atoms with van der Waals surface area (Å²) in [5.74, 6) is -1.77. The van der Waals surface area contributed by atoms with E-state index in [0.29, 0.717) is 0 Å². The molecule has 80 valence electrons. The van der Waals surface area contributed by atoms with Gasteiger partial charge in [0.25, 0.3) is 5.91 Å². The van der Waals surface area contributed by atoms with Crippen LogP contribution in [-0.2, 0) is 14.2 Å². The van der Waals surface area contributed by atoms with Gasteiger partial charge in [0, 0.05) is 0 Å². The highest BCUT2D eigenvalue weighted by Crippen LogP contribution is 2.13. The lowest BCUT2D eigenvalue weighted by Gasteiger charge is -2.32. The van der Waals surface area contributed by atoms with Crippen molar-refractivity contribution in [3.05, 3.63) is 0 Å². The molecule has 0 aliphatic heterocycles. The van der Waals surface area contributed by atoms with Crippen LogP contribution in [0.5, 0.6) is 0 Å². The van der Waals surface area contributed by atoms with E-state index in [1.54, 1.807) is 0 Å². The predicted molar refractivity (Wildman–Crippen MR) is 40.9 cm³/mol. The molecule has 0 aliphatic rings. The van der Waals surface area contributed by atoms with Gasteiger partial charge in [0.1, 0.15) is 26.5 Å². The van der Waals surface area contributed by atoms with E-state index in [0.717, 1.165) is 0 Å². The summed E-state index contributed by atoms with van der Waals surface area (Å²) in [6.07, 6.45) is -0.836. The second kappa shape index (κ2) is 6.22. The number of aliphatic hydroxyl groups excluding tert-OH is 3. The Morgan fingerprint density at radius 3 is 1.92 bits per heavy atom. The van der Waals surface area contributed by atoms with E-state index in [9.17, 15) is 0 Å². The van der Waals surface area contributed by atoms with Crippen LogP contribution < -0.4 is 5.73 Å². The zero-order chi connectivity index (χ0) is 10.3. The molecule has 7 heteroatoms. The summed E-state index contributed by atoms with van der Waals surface area (Å²) >= 11 is 0. The summed E-state index contributed by atoms with van der Waals surface area (Å²) in [4.78, 5) is 0. The third kappa shape index (κ3) is 3.96. The van der Waals surface area contributed by atoms with Gasteiger partial charge in [0.15, 0.2) is 0 Å². The van der Waals surface area contributed by atoms with Crippen molar-refractivity contribution in [2.45, 2.75) is 18.9 Å². The van der Waals surface area contributed by atoms with E-state index in [-0.39, 0.29) is 0 Å². The van der Waals surface area contributed by atoms with Crippen LogP contribution >= 0.6 is 0 Å². The van der Waals surface area contributed by atoms with Crippen LogP contribution in [-0.4, -0.2) is 47.7 Å². The zero-order valence-corrected chi connectivity index (χ0v) is 7.34. The quantitative estimate of drug-likeness (QED) is 0.345. The summed E-state index contributed by atoms with van der Waals surface area (Å²) < 4.78 is 13.9. The Morgan fingerprint density at radius 1 is 1.15 bits per heavy atom. The van der Waals surface area contributed by atoms with Crippen LogP contribution in [0.2, 0.25) is 0 Å². The smallest absolute Gasteiger partial charge is 0.256 e. The van der Waals surface area contributed by atoms with Gasteiger partial charge in [-0.3, -0.25) is 5.73 Å². The molecule has 7 nitrogen and oxygen atoms in total. The molecule has 5 N–H and O–H groups in total. The highest BCUT2D eigenvalue weighted by Gasteiger charge is 2.35. The second-order valence-electron chi connectivity index (χ2n) is 2.21. The number of ether oxygens (including phenoxy) is 3. The normalized spacial score (nSPS) is 14.5. The van der Waals surface area contributed by atoms with Gasteiger partial charge in [-0.25, -0.2) is 0 Å². The Hall–Kier alpha value is -0.280. The second-order valence-corrected chi connectivity index (χ2v) is 2.21. The predicted octanol–water partition coefficient (Wildman–Crippen LogP) is -2.11. The molecule has 0 rings (SSSR count). The monoisotopic (exact) mass is 197 g/mol. The van der Waals surface area contributed by atoms with E-state index < -0.39 is 32.4 Å². The molecule has 0 amide bonds. The molecule has 0 aliphatic carbocycles. The van der Waals surface area contributed by atoms with Gasteiger partial charge in [-0.15, -0.1) is 0 Å². The fourth-order valence-corrected chi connectivity index (χ4v) is 0.706. The molecule has 0 aromatic heterocycles. The van der Waals surface area contributed by atoms with E-state index in [1.165, 1.54) is 6.92 Å². The van der Waals surface area contributed by atoms with Crippen molar-refractivity contribution in [3.63, 3.8) is 0 Å². The van der Waals surface area contributed by atoms with Crippen molar-refractivity contribution in [1.82, 2.24) is 0 Å². The molecular formula is C6H15NO6. The minimum Gasteiger partial charge on any atom is -0.371 e. The molecule has 0 saturated heterocycles. The molecule has 0 saturated carbocycles. The van der Waals surface area contributed by atoms with Gasteiger partial charge in [0.2, 0.25) is 0 Å². The summed E-state index contributed by atoms with van der Waals surface area (Å²) in [6, 6.07) is 0. The maximum absolute atomic E-state index is 8.46. The summed E-state index contributed by atoms with van der Waals surface area (Å²) in [5, 5.41) is 25.3. The molecule has 0 spiro atoms. The average molecular weight is 197 g/mol. The van der Waals surface area contributed by atoms with Crippen molar-refractivity contribution in [2.24, 2.45) is 5.73 Å². The Kier molecular flexibility index (Phi) is 6.08. The average Bonchev–Trinajstić information content (AvgIpc) is 2.05. The molecule has 1 atom stereocenters. The Labute approximate surface area is 75.6 Å². The first-order valence-electron chi connectivity index (χ1n) is 3.61. The van der Waals surface area contributed by atoms with Crippen LogP contribution in [0.3, 0.4) is 0 Å². The number of hydrogen-bond acceptors (Lipinski definition) is 7. The molecular weight excluding hydrogens is 182 g/mol. The van der Waals surface area contributed by atoms with Gasteiger partial charge in [-0.2, -0.15) is 0 Å². The lowest BCUT2D eigenvalue weighted by molar-refractivity contribution is -0.328. The molecule has 0 aromatic rings. The van der Waals surface area contributed by atoms with Crippen LogP contribution in [0.4, 0.5) is 0 Å². The Morgan fingerprint density at radius 2 is 1.62 bits per heavy atom. The minimum atomic E-state index is -1.77. The van der Waals surface area contributed by atoms with Gasteiger partial charge in [0.05, 0.1) is 0 Å². The maximum Gasteiger partial charge on any atom is 0.256 e. The summed E-state index contributed by atoms with van der Waals surface area (Å²) in [6.45, 7) is -0.476. The molecule has 0 radical (unpaired) electrons. The van der Waals surface area contributed by atoms with Crippen molar-refractivity contribution < 1.29 is 29.5 Å². The topological polar surface area (TPSA) is 114 Å². The van der Waals surface area contributed by atoms with Crippen molar-refractivity contribution >= 4 is 0 Å². The van der Waals surface area contributed by atoms with E-state index in [2.05, 4.69) is 14.2 Å². The van der Waals surface area contributed by atoms with E-state index >= 15 is 0 Å². The van der Waals surface area contributed by atoms with Crippen LogP contribution in [0.1, 0.15) is 6.92 Å². The van der Waals surface area contributed by atoms with Crippen molar-refractivity contribution in [3.8, 4) is 0 Å².